The topological polar surface area (TPSA) is 62.3 Å². The number of carbonyl (C=O) groups is 2. The summed E-state index contributed by atoms with van der Waals surface area (Å²) >= 11 is 0. The van der Waals surface area contributed by atoms with E-state index in [9.17, 15) is 9.59 Å². The van der Waals surface area contributed by atoms with Gasteiger partial charge in [0.15, 0.2) is 0 Å². The van der Waals surface area contributed by atoms with Gasteiger partial charge in [-0.1, -0.05) is 6.07 Å². The van der Waals surface area contributed by atoms with Crippen molar-refractivity contribution in [2.45, 2.75) is 12.5 Å². The normalized spacial score (nSPS) is 23.9. The molecule has 1 N–H and O–H groups in total. The molecule has 90 valence electrons. The van der Waals surface area contributed by atoms with E-state index in [1.807, 2.05) is 12.1 Å². The lowest BCUT2D eigenvalue weighted by Gasteiger charge is -2.24. The van der Waals surface area contributed by atoms with Crippen LogP contribution in [-0.4, -0.2) is 35.8 Å². The lowest BCUT2D eigenvalue weighted by Crippen LogP contribution is -2.32. The van der Waals surface area contributed by atoms with Crippen molar-refractivity contribution < 1.29 is 9.59 Å². The van der Waals surface area contributed by atoms with Crippen LogP contribution >= 0.6 is 0 Å². The third kappa shape index (κ3) is 2.00. The monoisotopic (exact) mass is 233 g/mol. The van der Waals surface area contributed by atoms with Gasteiger partial charge in [0.2, 0.25) is 11.8 Å². The molecule has 1 aromatic rings. The lowest BCUT2D eigenvalue weighted by molar-refractivity contribution is -0.128. The molecule has 5 nitrogen and oxygen atoms in total. The van der Waals surface area contributed by atoms with Crippen molar-refractivity contribution in [1.82, 2.24) is 15.2 Å². The third-order valence-electron chi connectivity index (χ3n) is 3.20. The number of nitrogens with one attached hydrogen (secondary N) is 1. The second-order valence-corrected chi connectivity index (χ2v) is 4.16. The van der Waals surface area contributed by atoms with Gasteiger partial charge >= 0.3 is 0 Å². The summed E-state index contributed by atoms with van der Waals surface area (Å²) in [5.41, 5.74) is 0.898. The van der Waals surface area contributed by atoms with Gasteiger partial charge in [0.25, 0.3) is 0 Å². The quantitative estimate of drug-likeness (QED) is 0.801. The zero-order chi connectivity index (χ0) is 12.4. The van der Waals surface area contributed by atoms with Gasteiger partial charge in [-0.2, -0.15) is 0 Å². The molecule has 2 heterocycles. The number of aromatic nitrogens is 1. The molecule has 17 heavy (non-hydrogen) atoms. The first-order valence-corrected chi connectivity index (χ1v) is 5.52. The fourth-order valence-electron chi connectivity index (χ4n) is 2.30. The van der Waals surface area contributed by atoms with E-state index in [0.717, 1.165) is 5.56 Å². The van der Waals surface area contributed by atoms with Gasteiger partial charge < -0.3 is 10.2 Å². The van der Waals surface area contributed by atoms with Crippen LogP contribution in [0, 0.1) is 5.92 Å². The van der Waals surface area contributed by atoms with Crippen molar-refractivity contribution in [2.75, 3.05) is 14.1 Å². The van der Waals surface area contributed by atoms with Crippen molar-refractivity contribution in [2.24, 2.45) is 5.92 Å². The summed E-state index contributed by atoms with van der Waals surface area (Å²) in [6, 6.07) is 3.49. The largest absolute Gasteiger partial charge is 0.359 e. The standard InChI is InChI=1S/C12H15N3O2/c1-13-12(17)9-6-10(16)15(2)11(9)8-4-3-5-14-7-8/h3-5,7,9,11H,6H2,1-2H3,(H,13,17). The molecule has 0 aromatic carbocycles. The van der Waals surface area contributed by atoms with Crippen LogP contribution in [-0.2, 0) is 9.59 Å². The average molecular weight is 233 g/mol. The molecule has 2 amide bonds. The van der Waals surface area contributed by atoms with Gasteiger partial charge in [-0.25, -0.2) is 0 Å². The summed E-state index contributed by atoms with van der Waals surface area (Å²) in [4.78, 5) is 29.2. The van der Waals surface area contributed by atoms with Crippen molar-refractivity contribution >= 4 is 11.8 Å². The van der Waals surface area contributed by atoms with Crippen LogP contribution in [0.5, 0.6) is 0 Å². The SMILES string of the molecule is CNC(=O)C1CC(=O)N(C)C1c1cccnc1. The number of likely N-dealkylation sites (tertiary alicyclic amines) is 1. The molecule has 1 aliphatic heterocycles. The molecule has 5 heteroatoms. The van der Waals surface area contributed by atoms with E-state index in [1.54, 1.807) is 31.4 Å². The Labute approximate surface area is 99.8 Å². The molecule has 1 saturated heterocycles. The summed E-state index contributed by atoms with van der Waals surface area (Å²) in [7, 11) is 3.31. The maximum absolute atomic E-state index is 11.8. The molecule has 1 fully saturated rings. The highest BCUT2D eigenvalue weighted by Crippen LogP contribution is 2.36. The fraction of sp³-hybridized carbons (Fsp3) is 0.417. The number of hydrogen-bond acceptors (Lipinski definition) is 3. The number of pyridine rings is 1. The van der Waals surface area contributed by atoms with Gasteiger partial charge in [0.05, 0.1) is 12.0 Å². The predicted molar refractivity (Wildman–Crippen MR) is 61.9 cm³/mol. The molecule has 0 saturated carbocycles. The van der Waals surface area contributed by atoms with E-state index < -0.39 is 0 Å². The molecule has 2 rings (SSSR count). The molecular formula is C12H15N3O2. The Bertz CT molecular complexity index is 433. The van der Waals surface area contributed by atoms with E-state index >= 15 is 0 Å². The molecule has 0 spiro atoms. The van der Waals surface area contributed by atoms with Crippen molar-refractivity contribution in [1.29, 1.82) is 0 Å². The summed E-state index contributed by atoms with van der Waals surface area (Å²) in [6.07, 6.45) is 3.64. The van der Waals surface area contributed by atoms with Crippen LogP contribution in [0.1, 0.15) is 18.0 Å². The number of hydrogen-bond donors (Lipinski definition) is 1. The number of nitrogens with zero attached hydrogens (tertiary/aromatic N) is 2. The van der Waals surface area contributed by atoms with E-state index in [0.29, 0.717) is 0 Å². The Balaban J connectivity index is 2.34. The van der Waals surface area contributed by atoms with Crippen LogP contribution in [0.25, 0.3) is 0 Å². The van der Waals surface area contributed by atoms with Crippen LogP contribution in [0.3, 0.4) is 0 Å². The summed E-state index contributed by atoms with van der Waals surface area (Å²) < 4.78 is 0. The number of amides is 2. The Morgan fingerprint density at radius 1 is 1.59 bits per heavy atom. The minimum atomic E-state index is -0.332. The Kier molecular flexibility index (Phi) is 3.08. The molecule has 0 aliphatic carbocycles. The first-order chi connectivity index (χ1) is 8.15. The Morgan fingerprint density at radius 2 is 2.35 bits per heavy atom. The fourth-order valence-corrected chi connectivity index (χ4v) is 2.30. The van der Waals surface area contributed by atoms with Crippen molar-refractivity contribution in [3.8, 4) is 0 Å². The van der Waals surface area contributed by atoms with Crippen LogP contribution in [0.15, 0.2) is 24.5 Å². The predicted octanol–water partition coefficient (Wildman–Crippen LogP) is 0.347. The van der Waals surface area contributed by atoms with Gasteiger partial charge in [-0.3, -0.25) is 14.6 Å². The molecule has 0 radical (unpaired) electrons. The molecule has 2 atom stereocenters. The molecule has 2 unspecified atom stereocenters. The highest BCUT2D eigenvalue weighted by molar-refractivity contribution is 5.90. The molecule has 1 aromatic heterocycles. The first-order valence-electron chi connectivity index (χ1n) is 5.52. The first kappa shape index (κ1) is 11.6. The smallest absolute Gasteiger partial charge is 0.225 e. The van der Waals surface area contributed by atoms with Crippen molar-refractivity contribution in [3.05, 3.63) is 30.1 Å². The van der Waals surface area contributed by atoms with Crippen LogP contribution < -0.4 is 5.32 Å². The lowest BCUT2D eigenvalue weighted by atomic mass is 9.94. The highest BCUT2D eigenvalue weighted by Gasteiger charge is 2.42. The highest BCUT2D eigenvalue weighted by atomic mass is 16.2. The summed E-state index contributed by atoms with van der Waals surface area (Å²) in [6.45, 7) is 0. The number of carbonyl (C=O) groups excluding carboxylic acids is 2. The Hall–Kier alpha value is -1.91. The minimum Gasteiger partial charge on any atom is -0.359 e. The minimum absolute atomic E-state index is 0.00699. The average Bonchev–Trinajstić information content (AvgIpc) is 2.66. The maximum atomic E-state index is 11.8. The van der Waals surface area contributed by atoms with Crippen LogP contribution in [0.4, 0.5) is 0 Å². The third-order valence-corrected chi connectivity index (χ3v) is 3.20. The van der Waals surface area contributed by atoms with Crippen molar-refractivity contribution in [3.63, 3.8) is 0 Å². The molecule has 0 bridgehead atoms. The van der Waals surface area contributed by atoms with E-state index in [-0.39, 0.29) is 30.2 Å². The number of rotatable bonds is 2. The van der Waals surface area contributed by atoms with Crippen LogP contribution in [0.2, 0.25) is 0 Å². The van der Waals surface area contributed by atoms with Gasteiger partial charge in [0, 0.05) is 32.9 Å². The summed E-state index contributed by atoms with van der Waals surface area (Å²) in [5.74, 6) is -0.439. The van der Waals surface area contributed by atoms with Gasteiger partial charge in [0.1, 0.15) is 0 Å². The van der Waals surface area contributed by atoms with Gasteiger partial charge in [-0.05, 0) is 11.6 Å². The zero-order valence-corrected chi connectivity index (χ0v) is 9.88. The second-order valence-electron chi connectivity index (χ2n) is 4.16. The van der Waals surface area contributed by atoms with E-state index in [2.05, 4.69) is 10.3 Å². The zero-order valence-electron chi connectivity index (χ0n) is 9.88. The Morgan fingerprint density at radius 3 is 2.94 bits per heavy atom. The molecular weight excluding hydrogens is 218 g/mol. The van der Waals surface area contributed by atoms with E-state index in [4.69, 9.17) is 0 Å². The molecule has 1 aliphatic rings. The summed E-state index contributed by atoms with van der Waals surface area (Å²) in [5, 5.41) is 2.61. The second kappa shape index (κ2) is 4.53. The maximum Gasteiger partial charge on any atom is 0.225 e. The van der Waals surface area contributed by atoms with Gasteiger partial charge in [-0.15, -0.1) is 0 Å². The van der Waals surface area contributed by atoms with E-state index in [1.165, 1.54) is 0 Å².